The average Bonchev–Trinajstić information content (AvgIpc) is 3.24. The average molecular weight is 449 g/mol. The molecule has 6 atom stereocenters. The van der Waals surface area contributed by atoms with E-state index in [1.54, 1.807) is 0 Å². The van der Waals surface area contributed by atoms with Crippen LogP contribution in [0.1, 0.15) is 72.6 Å². The first-order valence-corrected chi connectivity index (χ1v) is 15.6. The van der Waals surface area contributed by atoms with Crippen molar-refractivity contribution in [3.8, 4) is 11.8 Å². The van der Waals surface area contributed by atoms with Crippen LogP contribution in [0.2, 0.25) is 18.1 Å². The minimum absolute atomic E-state index is 0.0118. The summed E-state index contributed by atoms with van der Waals surface area (Å²) in [5.41, 5.74) is 0. The van der Waals surface area contributed by atoms with Crippen LogP contribution in [0.25, 0.3) is 0 Å². The van der Waals surface area contributed by atoms with Gasteiger partial charge in [0.25, 0.3) is 0 Å². The number of rotatable bonds is 3. The molecule has 0 radical (unpaired) electrons. The van der Waals surface area contributed by atoms with E-state index in [0.29, 0.717) is 25.0 Å². The van der Waals surface area contributed by atoms with Gasteiger partial charge in [0.15, 0.2) is 14.1 Å². The van der Waals surface area contributed by atoms with Gasteiger partial charge in [0, 0.05) is 23.7 Å². The summed E-state index contributed by atoms with van der Waals surface area (Å²) in [5.74, 6) is 8.07. The van der Waals surface area contributed by atoms with Crippen molar-refractivity contribution in [2.24, 2.45) is 29.6 Å². The molecule has 1 spiro atoms. The molecule has 4 rings (SSSR count). The number of aliphatic hydroxyl groups excluding tert-OH is 1. The van der Waals surface area contributed by atoms with Crippen molar-refractivity contribution in [3.63, 3.8) is 0 Å². The third kappa shape index (κ3) is 4.28. The van der Waals surface area contributed by atoms with E-state index in [9.17, 15) is 5.11 Å². The van der Waals surface area contributed by atoms with Gasteiger partial charge in [-0.25, -0.2) is 0 Å². The minimum atomic E-state index is -1.90. The molecule has 176 valence electrons. The Morgan fingerprint density at radius 1 is 1.03 bits per heavy atom. The van der Waals surface area contributed by atoms with Crippen molar-refractivity contribution < 1.29 is 19.0 Å². The number of fused-ring (bicyclic) bond motifs is 2. The molecule has 3 saturated carbocycles. The second-order valence-electron chi connectivity index (χ2n) is 12.1. The highest BCUT2D eigenvalue weighted by Gasteiger charge is 2.67. The second-order valence-corrected chi connectivity index (χ2v) is 16.8. The molecule has 0 unspecified atom stereocenters. The normalized spacial score (nSPS) is 36.9. The Morgan fingerprint density at radius 3 is 2.29 bits per heavy atom. The second kappa shape index (κ2) is 8.76. The lowest BCUT2D eigenvalue weighted by Gasteiger charge is -2.61. The van der Waals surface area contributed by atoms with Gasteiger partial charge in [0.1, 0.15) is 6.10 Å². The molecule has 0 amide bonds. The Labute approximate surface area is 190 Å². The zero-order valence-corrected chi connectivity index (χ0v) is 21.6. The van der Waals surface area contributed by atoms with Crippen LogP contribution in [0.3, 0.4) is 0 Å². The third-order valence-corrected chi connectivity index (χ3v) is 13.7. The van der Waals surface area contributed by atoms with Crippen molar-refractivity contribution in [3.05, 3.63) is 0 Å². The number of hydrogen-bond acceptors (Lipinski definition) is 4. The van der Waals surface area contributed by atoms with Crippen molar-refractivity contribution in [2.45, 2.75) is 109 Å². The topological polar surface area (TPSA) is 47.9 Å². The number of ether oxygens (including phenoxy) is 2. The van der Waals surface area contributed by atoms with Gasteiger partial charge < -0.3 is 19.0 Å². The molecule has 1 heterocycles. The molecule has 0 aromatic carbocycles. The molecule has 4 nitrogen and oxygen atoms in total. The van der Waals surface area contributed by atoms with Crippen LogP contribution in [0.5, 0.6) is 0 Å². The highest BCUT2D eigenvalue weighted by Crippen LogP contribution is 2.60. The summed E-state index contributed by atoms with van der Waals surface area (Å²) in [6.07, 6.45) is 7.94. The molecule has 1 saturated heterocycles. The van der Waals surface area contributed by atoms with Crippen LogP contribution >= 0.6 is 0 Å². The van der Waals surface area contributed by atoms with Crippen LogP contribution in [-0.2, 0) is 13.9 Å². The van der Waals surface area contributed by atoms with Gasteiger partial charge in [-0.05, 0) is 49.7 Å². The molecule has 1 N–H and O–H groups in total. The smallest absolute Gasteiger partial charge is 0.193 e. The Kier molecular flexibility index (Phi) is 6.72. The lowest BCUT2D eigenvalue weighted by molar-refractivity contribution is -0.340. The van der Waals surface area contributed by atoms with E-state index in [0.717, 1.165) is 12.8 Å². The van der Waals surface area contributed by atoms with E-state index < -0.39 is 14.1 Å². The molecule has 5 heteroatoms. The maximum absolute atomic E-state index is 11.2. The number of hydrogen-bond donors (Lipinski definition) is 1. The summed E-state index contributed by atoms with van der Waals surface area (Å²) in [4.78, 5) is 0. The third-order valence-electron chi connectivity index (χ3n) is 9.24. The summed E-state index contributed by atoms with van der Waals surface area (Å²) < 4.78 is 18.9. The summed E-state index contributed by atoms with van der Waals surface area (Å²) in [7, 11) is -1.90. The SMILES string of the molecule is C[C@@H]1[C@@H]2[C@H](O)[C@@H](C#C[C@@H](O[Si](C)(C)C(C)(C)C)C3CCCCC3)CC[C@@H]2C12OCCO2. The van der Waals surface area contributed by atoms with E-state index in [1.807, 2.05) is 0 Å². The van der Waals surface area contributed by atoms with Gasteiger partial charge in [-0.2, -0.15) is 0 Å². The van der Waals surface area contributed by atoms with Crippen LogP contribution in [0, 0.1) is 41.4 Å². The Bertz CT molecular complexity index is 690. The Balaban J connectivity index is 1.48. The van der Waals surface area contributed by atoms with E-state index in [4.69, 9.17) is 13.9 Å². The molecule has 1 aliphatic heterocycles. The minimum Gasteiger partial charge on any atom is -0.403 e. The largest absolute Gasteiger partial charge is 0.403 e. The summed E-state index contributed by atoms with van der Waals surface area (Å²) in [6, 6.07) is 0. The van der Waals surface area contributed by atoms with Crippen LogP contribution in [0.15, 0.2) is 0 Å². The molecule has 3 aliphatic carbocycles. The first-order valence-electron chi connectivity index (χ1n) is 12.7. The van der Waals surface area contributed by atoms with Gasteiger partial charge in [0.2, 0.25) is 0 Å². The maximum atomic E-state index is 11.2. The lowest BCUT2D eigenvalue weighted by atomic mass is 9.52. The Hall–Kier alpha value is -0.383. The van der Waals surface area contributed by atoms with Crippen molar-refractivity contribution >= 4 is 8.32 Å². The van der Waals surface area contributed by atoms with Gasteiger partial charge in [0.05, 0.1) is 19.3 Å². The van der Waals surface area contributed by atoms with E-state index >= 15 is 0 Å². The van der Waals surface area contributed by atoms with Crippen LogP contribution in [-0.4, -0.2) is 44.6 Å². The van der Waals surface area contributed by atoms with Gasteiger partial charge in [-0.1, -0.05) is 58.8 Å². The van der Waals surface area contributed by atoms with E-state index in [-0.39, 0.29) is 35.0 Å². The van der Waals surface area contributed by atoms with Crippen molar-refractivity contribution in [1.82, 2.24) is 0 Å². The zero-order valence-electron chi connectivity index (χ0n) is 20.6. The molecule has 0 aromatic heterocycles. The fraction of sp³-hybridized carbons (Fsp3) is 0.923. The lowest BCUT2D eigenvalue weighted by Crippen LogP contribution is -2.67. The van der Waals surface area contributed by atoms with Gasteiger partial charge in [-0.15, -0.1) is 0 Å². The Morgan fingerprint density at radius 2 is 1.68 bits per heavy atom. The van der Waals surface area contributed by atoms with Crippen LogP contribution < -0.4 is 0 Å². The first-order chi connectivity index (χ1) is 14.6. The monoisotopic (exact) mass is 448 g/mol. The summed E-state index contributed by atoms with van der Waals surface area (Å²) >= 11 is 0. The highest BCUT2D eigenvalue weighted by molar-refractivity contribution is 6.74. The van der Waals surface area contributed by atoms with Crippen LogP contribution in [0.4, 0.5) is 0 Å². The first kappa shape index (κ1) is 23.8. The van der Waals surface area contributed by atoms with Gasteiger partial charge in [-0.3, -0.25) is 0 Å². The number of aliphatic hydroxyl groups is 1. The predicted octanol–water partition coefficient (Wildman–Crippen LogP) is 5.36. The molecular weight excluding hydrogens is 404 g/mol. The quantitative estimate of drug-likeness (QED) is 0.467. The molecule has 4 fully saturated rings. The van der Waals surface area contributed by atoms with E-state index in [1.165, 1.54) is 32.1 Å². The fourth-order valence-corrected chi connectivity index (χ4v) is 7.51. The van der Waals surface area contributed by atoms with Gasteiger partial charge >= 0.3 is 0 Å². The summed E-state index contributed by atoms with van der Waals surface area (Å²) in [6.45, 7) is 15.1. The highest BCUT2D eigenvalue weighted by atomic mass is 28.4. The standard InChI is InChI=1S/C26H44O4Si/c1-18-23-21(26(18)28-16-17-29-26)14-12-20(24(23)27)13-15-22(19-10-8-7-9-11-19)30-31(5,6)25(2,3)4/h18-24,27H,7-12,14,16-17H2,1-6H3/t18-,20-,21+,22-,23+,24-/m1/s1. The molecule has 0 bridgehead atoms. The molecular formula is C26H44O4Si. The predicted molar refractivity (Wildman–Crippen MR) is 126 cm³/mol. The maximum Gasteiger partial charge on any atom is 0.193 e. The zero-order chi connectivity index (χ0) is 22.4. The molecule has 0 aromatic rings. The summed E-state index contributed by atoms with van der Waals surface area (Å²) in [5, 5.41) is 11.4. The van der Waals surface area contributed by atoms with Crippen molar-refractivity contribution in [1.29, 1.82) is 0 Å². The molecule has 31 heavy (non-hydrogen) atoms. The fourth-order valence-electron chi connectivity index (χ4n) is 6.27. The molecule has 4 aliphatic rings. The van der Waals surface area contributed by atoms with Crippen molar-refractivity contribution in [2.75, 3.05) is 13.2 Å². The van der Waals surface area contributed by atoms with E-state index in [2.05, 4.69) is 52.6 Å².